The third-order valence-corrected chi connectivity index (χ3v) is 3.94. The molecule has 3 rings (SSSR count). The molecule has 0 saturated carbocycles. The molecular weight excluding hydrogens is 254 g/mol. The topological polar surface area (TPSA) is 55.6 Å². The first kappa shape index (κ1) is 13.1. The zero-order valence-corrected chi connectivity index (χ0v) is 11.8. The lowest BCUT2D eigenvalue weighted by molar-refractivity contribution is 0.0596. The van der Waals surface area contributed by atoms with E-state index < -0.39 is 0 Å². The maximum Gasteiger partial charge on any atom is 0.358 e. The molecule has 0 aromatic carbocycles. The second-order valence-electron chi connectivity index (χ2n) is 5.32. The van der Waals surface area contributed by atoms with Crippen LogP contribution in [0.4, 0.5) is 0 Å². The number of pyridine rings is 1. The highest BCUT2D eigenvalue weighted by atomic mass is 16.5. The van der Waals surface area contributed by atoms with Crippen molar-refractivity contribution in [3.8, 4) is 0 Å². The minimum Gasteiger partial charge on any atom is -0.464 e. The fraction of sp³-hybridized carbons (Fsp3) is 0.467. The summed E-state index contributed by atoms with van der Waals surface area (Å²) >= 11 is 0. The van der Waals surface area contributed by atoms with Crippen LogP contribution in [0.2, 0.25) is 0 Å². The molecule has 2 aromatic rings. The smallest absolute Gasteiger partial charge is 0.358 e. The SMILES string of the molecule is COC(=O)c1nc(CC2CCNC2)n2c(C)cccc12. The Labute approximate surface area is 118 Å². The molecule has 0 bridgehead atoms. The number of aromatic nitrogens is 2. The van der Waals surface area contributed by atoms with Gasteiger partial charge in [0.2, 0.25) is 0 Å². The van der Waals surface area contributed by atoms with Crippen molar-refractivity contribution in [1.29, 1.82) is 0 Å². The van der Waals surface area contributed by atoms with Crippen molar-refractivity contribution >= 4 is 11.5 Å². The fourth-order valence-electron chi connectivity index (χ4n) is 2.91. The van der Waals surface area contributed by atoms with Crippen LogP contribution in [0.5, 0.6) is 0 Å². The summed E-state index contributed by atoms with van der Waals surface area (Å²) in [6.45, 7) is 4.12. The number of fused-ring (bicyclic) bond motifs is 1. The van der Waals surface area contributed by atoms with Crippen LogP contribution in [0.25, 0.3) is 5.52 Å². The molecule has 0 spiro atoms. The monoisotopic (exact) mass is 273 g/mol. The molecule has 1 atom stereocenters. The van der Waals surface area contributed by atoms with Crippen LogP contribution in [-0.4, -0.2) is 35.6 Å². The molecule has 5 heteroatoms. The molecule has 0 amide bonds. The van der Waals surface area contributed by atoms with Gasteiger partial charge in [0.1, 0.15) is 5.82 Å². The Morgan fingerprint density at radius 3 is 3.10 bits per heavy atom. The number of carbonyl (C=O) groups excluding carboxylic acids is 1. The summed E-state index contributed by atoms with van der Waals surface area (Å²) in [5.74, 6) is 1.17. The highest BCUT2D eigenvalue weighted by molar-refractivity contribution is 5.95. The van der Waals surface area contributed by atoms with Gasteiger partial charge in [-0.05, 0) is 44.5 Å². The van der Waals surface area contributed by atoms with Crippen molar-refractivity contribution in [3.05, 3.63) is 35.4 Å². The van der Waals surface area contributed by atoms with Crippen LogP contribution in [0.3, 0.4) is 0 Å². The van der Waals surface area contributed by atoms with Gasteiger partial charge in [-0.3, -0.25) is 0 Å². The van der Waals surface area contributed by atoms with Crippen LogP contribution in [0, 0.1) is 12.8 Å². The average Bonchev–Trinajstić information content (AvgIpc) is 3.07. The number of nitrogens with one attached hydrogen (secondary N) is 1. The predicted octanol–water partition coefficient (Wildman–Crippen LogP) is 1.58. The van der Waals surface area contributed by atoms with Gasteiger partial charge in [0.05, 0.1) is 12.6 Å². The zero-order valence-electron chi connectivity index (χ0n) is 11.8. The Bertz CT molecular complexity index is 642. The maximum atomic E-state index is 11.9. The van der Waals surface area contributed by atoms with Crippen molar-refractivity contribution < 1.29 is 9.53 Å². The van der Waals surface area contributed by atoms with Crippen LogP contribution in [0.15, 0.2) is 18.2 Å². The second kappa shape index (κ2) is 5.25. The number of methoxy groups -OCH3 is 1. The largest absolute Gasteiger partial charge is 0.464 e. The molecule has 3 heterocycles. The van der Waals surface area contributed by atoms with Gasteiger partial charge >= 0.3 is 5.97 Å². The number of aryl methyl sites for hydroxylation is 1. The number of nitrogens with zero attached hydrogens (tertiary/aromatic N) is 2. The standard InChI is InChI=1S/C15H19N3O2/c1-10-4-3-5-12-14(15(19)20-2)17-13(18(10)12)8-11-6-7-16-9-11/h3-5,11,16H,6-9H2,1-2H3. The van der Waals surface area contributed by atoms with Crippen molar-refractivity contribution in [2.24, 2.45) is 5.92 Å². The van der Waals surface area contributed by atoms with Crippen LogP contribution < -0.4 is 5.32 Å². The molecule has 5 nitrogen and oxygen atoms in total. The molecule has 0 aliphatic carbocycles. The number of ether oxygens (including phenoxy) is 1. The Morgan fingerprint density at radius 2 is 2.40 bits per heavy atom. The molecular formula is C15H19N3O2. The quantitative estimate of drug-likeness (QED) is 0.863. The number of rotatable bonds is 3. The van der Waals surface area contributed by atoms with Crippen molar-refractivity contribution in [2.75, 3.05) is 20.2 Å². The highest BCUT2D eigenvalue weighted by Gasteiger charge is 2.22. The average molecular weight is 273 g/mol. The van der Waals surface area contributed by atoms with E-state index in [1.165, 1.54) is 7.11 Å². The van der Waals surface area contributed by atoms with E-state index in [2.05, 4.69) is 14.7 Å². The molecule has 106 valence electrons. The molecule has 1 unspecified atom stereocenters. The minimum atomic E-state index is -0.371. The van der Waals surface area contributed by atoms with Gasteiger partial charge < -0.3 is 14.5 Å². The lowest BCUT2D eigenvalue weighted by atomic mass is 10.0. The molecule has 1 fully saturated rings. The van der Waals surface area contributed by atoms with E-state index in [-0.39, 0.29) is 5.97 Å². The molecule has 1 aliphatic rings. The summed E-state index contributed by atoms with van der Waals surface area (Å²) in [6.07, 6.45) is 2.05. The molecule has 1 N–H and O–H groups in total. The summed E-state index contributed by atoms with van der Waals surface area (Å²) in [4.78, 5) is 16.4. The van der Waals surface area contributed by atoms with E-state index in [4.69, 9.17) is 4.74 Å². The Balaban J connectivity index is 2.08. The second-order valence-corrected chi connectivity index (χ2v) is 5.32. The fourth-order valence-corrected chi connectivity index (χ4v) is 2.91. The van der Waals surface area contributed by atoms with E-state index >= 15 is 0 Å². The molecule has 1 aliphatic heterocycles. The first-order chi connectivity index (χ1) is 9.70. The summed E-state index contributed by atoms with van der Waals surface area (Å²) in [7, 11) is 1.39. The van der Waals surface area contributed by atoms with E-state index in [0.717, 1.165) is 43.0 Å². The van der Waals surface area contributed by atoms with E-state index in [1.807, 2.05) is 25.1 Å². The van der Waals surface area contributed by atoms with E-state index in [9.17, 15) is 4.79 Å². The Hall–Kier alpha value is -1.88. The Morgan fingerprint density at radius 1 is 1.55 bits per heavy atom. The maximum absolute atomic E-state index is 11.9. The lowest BCUT2D eigenvalue weighted by Gasteiger charge is -2.08. The van der Waals surface area contributed by atoms with Crippen LogP contribution >= 0.6 is 0 Å². The van der Waals surface area contributed by atoms with Gasteiger partial charge in [-0.25, -0.2) is 9.78 Å². The van der Waals surface area contributed by atoms with Crippen LogP contribution in [0.1, 0.15) is 28.4 Å². The first-order valence-electron chi connectivity index (χ1n) is 6.96. The van der Waals surface area contributed by atoms with Gasteiger partial charge in [0.25, 0.3) is 0 Å². The van der Waals surface area contributed by atoms with Crippen molar-refractivity contribution in [3.63, 3.8) is 0 Å². The molecule has 1 saturated heterocycles. The number of hydrogen-bond acceptors (Lipinski definition) is 4. The zero-order chi connectivity index (χ0) is 14.1. The van der Waals surface area contributed by atoms with Gasteiger partial charge in [0, 0.05) is 12.1 Å². The summed E-state index contributed by atoms with van der Waals surface area (Å²) in [6, 6.07) is 5.90. The normalized spacial score (nSPS) is 18.6. The minimum absolute atomic E-state index is 0.371. The van der Waals surface area contributed by atoms with E-state index in [0.29, 0.717) is 11.6 Å². The molecule has 20 heavy (non-hydrogen) atoms. The Kier molecular flexibility index (Phi) is 3.44. The summed E-state index contributed by atoms with van der Waals surface area (Å²) in [5.41, 5.74) is 2.33. The van der Waals surface area contributed by atoms with Gasteiger partial charge in [0.15, 0.2) is 5.69 Å². The van der Waals surface area contributed by atoms with Crippen LogP contribution in [-0.2, 0) is 11.2 Å². The number of esters is 1. The highest BCUT2D eigenvalue weighted by Crippen LogP contribution is 2.21. The number of hydrogen-bond donors (Lipinski definition) is 1. The molecule has 0 radical (unpaired) electrons. The summed E-state index contributed by atoms with van der Waals surface area (Å²) < 4.78 is 6.91. The van der Waals surface area contributed by atoms with Gasteiger partial charge in [-0.15, -0.1) is 0 Å². The third kappa shape index (κ3) is 2.18. The first-order valence-corrected chi connectivity index (χ1v) is 6.96. The van der Waals surface area contributed by atoms with E-state index in [1.54, 1.807) is 0 Å². The number of imidazole rings is 1. The lowest BCUT2D eigenvalue weighted by Crippen LogP contribution is -2.12. The van der Waals surface area contributed by atoms with Crippen molar-refractivity contribution in [2.45, 2.75) is 19.8 Å². The predicted molar refractivity (Wildman–Crippen MR) is 75.9 cm³/mol. The van der Waals surface area contributed by atoms with Crippen molar-refractivity contribution in [1.82, 2.24) is 14.7 Å². The molecule has 2 aromatic heterocycles. The number of carbonyl (C=O) groups is 1. The van der Waals surface area contributed by atoms with Gasteiger partial charge in [-0.1, -0.05) is 6.07 Å². The summed E-state index contributed by atoms with van der Waals surface area (Å²) in [5, 5.41) is 3.37. The third-order valence-electron chi connectivity index (χ3n) is 3.94. The van der Waals surface area contributed by atoms with Gasteiger partial charge in [-0.2, -0.15) is 0 Å².